The van der Waals surface area contributed by atoms with Crippen LogP contribution in [0.5, 0.6) is 0 Å². The Hall–Kier alpha value is -2.58. The first-order valence-corrected chi connectivity index (χ1v) is 10.8. The summed E-state index contributed by atoms with van der Waals surface area (Å²) in [6.07, 6.45) is 0.935. The lowest BCUT2D eigenvalue weighted by molar-refractivity contribution is -0.141. The van der Waals surface area contributed by atoms with Crippen molar-refractivity contribution in [3.8, 4) is 0 Å². The highest BCUT2D eigenvalue weighted by Gasteiger charge is 2.32. The van der Waals surface area contributed by atoms with E-state index in [0.717, 1.165) is 0 Å². The van der Waals surface area contributed by atoms with Gasteiger partial charge < -0.3 is 43.4 Å². The molecule has 0 fully saturated rings. The predicted molar refractivity (Wildman–Crippen MR) is 122 cm³/mol. The first kappa shape index (κ1) is 29.4. The molecule has 184 valence electrons. The minimum Gasteiger partial charge on any atom is -0.480 e. The number of aliphatic hydroxyl groups is 1. The van der Waals surface area contributed by atoms with E-state index in [1.54, 1.807) is 6.92 Å². The number of amides is 3. The third-order valence-electron chi connectivity index (χ3n) is 4.70. The van der Waals surface area contributed by atoms with Crippen molar-refractivity contribution in [2.75, 3.05) is 18.9 Å². The van der Waals surface area contributed by atoms with Crippen LogP contribution >= 0.6 is 12.6 Å². The van der Waals surface area contributed by atoms with Gasteiger partial charge in [0.15, 0.2) is 5.96 Å². The van der Waals surface area contributed by atoms with E-state index in [4.69, 9.17) is 27.4 Å². The van der Waals surface area contributed by atoms with Gasteiger partial charge in [0.1, 0.15) is 24.2 Å². The summed E-state index contributed by atoms with van der Waals surface area (Å²) >= 11 is 3.91. The van der Waals surface area contributed by atoms with Crippen LogP contribution in [0.4, 0.5) is 0 Å². The minimum absolute atomic E-state index is 0.102. The maximum Gasteiger partial charge on any atom is 0.327 e. The van der Waals surface area contributed by atoms with E-state index < -0.39 is 54.5 Å². The van der Waals surface area contributed by atoms with Crippen molar-refractivity contribution in [1.29, 1.82) is 0 Å². The number of aliphatic carboxylic acids is 1. The lowest BCUT2D eigenvalue weighted by Crippen LogP contribution is -2.59. The largest absolute Gasteiger partial charge is 0.480 e. The lowest BCUT2D eigenvalue weighted by Gasteiger charge is -2.27. The van der Waals surface area contributed by atoms with Crippen molar-refractivity contribution in [1.82, 2.24) is 16.0 Å². The van der Waals surface area contributed by atoms with Gasteiger partial charge in [-0.2, -0.15) is 12.6 Å². The van der Waals surface area contributed by atoms with Crippen LogP contribution < -0.4 is 33.2 Å². The van der Waals surface area contributed by atoms with E-state index in [1.807, 2.05) is 6.92 Å². The van der Waals surface area contributed by atoms with Gasteiger partial charge in [-0.25, -0.2) is 4.79 Å². The zero-order valence-electron chi connectivity index (χ0n) is 18.3. The molecule has 0 aliphatic rings. The van der Waals surface area contributed by atoms with E-state index >= 15 is 0 Å². The van der Waals surface area contributed by atoms with E-state index in [0.29, 0.717) is 12.8 Å². The van der Waals surface area contributed by atoms with Gasteiger partial charge in [0.05, 0.1) is 6.61 Å². The van der Waals surface area contributed by atoms with E-state index in [9.17, 15) is 19.2 Å². The summed E-state index contributed by atoms with van der Waals surface area (Å²) in [4.78, 5) is 52.7. The number of carbonyl (C=O) groups is 4. The molecule has 0 aliphatic carbocycles. The zero-order valence-corrected chi connectivity index (χ0v) is 19.2. The van der Waals surface area contributed by atoms with Gasteiger partial charge in [-0.1, -0.05) is 20.3 Å². The molecule has 0 aromatic rings. The maximum atomic E-state index is 12.9. The average molecular weight is 478 g/mol. The van der Waals surface area contributed by atoms with Crippen LogP contribution in [0.2, 0.25) is 0 Å². The Morgan fingerprint density at radius 1 is 1.03 bits per heavy atom. The number of aliphatic hydroxyl groups excluding tert-OH is 1. The fraction of sp³-hybridized carbons (Fsp3) is 0.722. The molecule has 0 bridgehead atoms. The van der Waals surface area contributed by atoms with Crippen molar-refractivity contribution in [2.45, 2.75) is 57.3 Å². The van der Waals surface area contributed by atoms with Gasteiger partial charge in [0.25, 0.3) is 0 Å². The molecule has 0 aromatic heterocycles. The van der Waals surface area contributed by atoms with Gasteiger partial charge in [-0.3, -0.25) is 19.4 Å². The standard InChI is InChI=1S/C18H35N7O6S/c1-3-9(2)13(25-14(27)10(19)7-26)16(29)23-11(5-4-6-22-18(20)21)15(28)24-12(8-32)17(30)31/h9-13,26,32H,3-8,19H2,1-2H3,(H,23,29)(H,24,28)(H,25,27)(H,30,31)(H4,20,21,22). The molecule has 14 heteroatoms. The molecule has 5 unspecified atom stereocenters. The summed E-state index contributed by atoms with van der Waals surface area (Å²) in [5, 5.41) is 25.6. The molecule has 0 spiro atoms. The van der Waals surface area contributed by atoms with Crippen LogP contribution in [0.1, 0.15) is 33.1 Å². The predicted octanol–water partition coefficient (Wildman–Crippen LogP) is -3.13. The quantitative estimate of drug-likeness (QED) is 0.0501. The lowest BCUT2D eigenvalue weighted by atomic mass is 9.97. The van der Waals surface area contributed by atoms with Crippen LogP contribution in [-0.2, 0) is 19.2 Å². The van der Waals surface area contributed by atoms with Crippen LogP contribution in [-0.4, -0.2) is 82.9 Å². The Morgan fingerprint density at radius 3 is 2.09 bits per heavy atom. The second kappa shape index (κ2) is 15.3. The molecule has 0 heterocycles. The van der Waals surface area contributed by atoms with Crippen molar-refractivity contribution >= 4 is 42.3 Å². The molecule has 3 amide bonds. The number of thiol groups is 1. The van der Waals surface area contributed by atoms with Gasteiger partial charge in [0.2, 0.25) is 17.7 Å². The Bertz CT molecular complexity index is 674. The van der Waals surface area contributed by atoms with Gasteiger partial charge in [-0.15, -0.1) is 0 Å². The highest BCUT2D eigenvalue weighted by atomic mass is 32.1. The summed E-state index contributed by atoms with van der Waals surface area (Å²) in [6, 6.07) is -4.61. The van der Waals surface area contributed by atoms with Crippen molar-refractivity contribution in [3.05, 3.63) is 0 Å². The third-order valence-corrected chi connectivity index (χ3v) is 5.07. The van der Waals surface area contributed by atoms with Crippen LogP contribution in [0.25, 0.3) is 0 Å². The minimum atomic E-state index is -1.28. The number of carboxylic acid groups (broad SMARTS) is 1. The fourth-order valence-electron chi connectivity index (χ4n) is 2.54. The summed E-state index contributed by atoms with van der Waals surface area (Å²) in [6.45, 7) is 3.13. The number of rotatable bonds is 15. The summed E-state index contributed by atoms with van der Waals surface area (Å²) in [7, 11) is 0. The normalized spacial score (nSPS) is 15.4. The highest BCUT2D eigenvalue weighted by molar-refractivity contribution is 7.80. The molecule has 0 aromatic carbocycles. The second-order valence-electron chi connectivity index (χ2n) is 7.25. The molecule has 13 nitrogen and oxygen atoms in total. The number of carboxylic acids is 1. The van der Waals surface area contributed by atoms with Crippen molar-refractivity contribution in [2.24, 2.45) is 28.1 Å². The number of carbonyl (C=O) groups excluding carboxylic acids is 3. The highest BCUT2D eigenvalue weighted by Crippen LogP contribution is 2.10. The second-order valence-corrected chi connectivity index (χ2v) is 7.62. The number of nitrogens with one attached hydrogen (secondary N) is 3. The zero-order chi connectivity index (χ0) is 24.8. The maximum absolute atomic E-state index is 12.9. The molecule has 0 rings (SSSR count). The van der Waals surface area contributed by atoms with Crippen LogP contribution in [0, 0.1) is 5.92 Å². The summed E-state index contributed by atoms with van der Waals surface area (Å²) in [5.41, 5.74) is 16.1. The van der Waals surface area contributed by atoms with Crippen LogP contribution in [0.3, 0.4) is 0 Å². The Labute approximate surface area is 192 Å². The number of nitrogens with zero attached hydrogens (tertiary/aromatic N) is 1. The van der Waals surface area contributed by atoms with E-state index in [-0.39, 0.29) is 30.6 Å². The number of nitrogens with two attached hydrogens (primary N) is 3. The fourth-order valence-corrected chi connectivity index (χ4v) is 2.78. The number of aliphatic imine (C=N–C) groups is 1. The molecule has 0 aliphatic heterocycles. The molecule has 0 radical (unpaired) electrons. The Kier molecular flexibility index (Phi) is 14.0. The Morgan fingerprint density at radius 2 is 1.62 bits per heavy atom. The smallest absolute Gasteiger partial charge is 0.327 e. The Balaban J connectivity index is 5.52. The van der Waals surface area contributed by atoms with Gasteiger partial charge >= 0.3 is 5.97 Å². The monoisotopic (exact) mass is 477 g/mol. The topological polar surface area (TPSA) is 235 Å². The van der Waals surface area contributed by atoms with Crippen LogP contribution in [0.15, 0.2) is 4.99 Å². The van der Waals surface area contributed by atoms with Crippen molar-refractivity contribution < 1.29 is 29.4 Å². The average Bonchev–Trinajstić information content (AvgIpc) is 2.75. The van der Waals surface area contributed by atoms with Gasteiger partial charge in [0, 0.05) is 12.3 Å². The number of hydrogen-bond donors (Lipinski definition) is 9. The molecule has 5 atom stereocenters. The molecule has 11 N–H and O–H groups in total. The SMILES string of the molecule is CCC(C)C(NC(=O)C(N)CO)C(=O)NC(CCCN=C(N)N)C(=O)NC(CS)C(=O)O. The molecule has 32 heavy (non-hydrogen) atoms. The van der Waals surface area contributed by atoms with E-state index in [2.05, 4.69) is 33.6 Å². The molecule has 0 saturated heterocycles. The molecule has 0 saturated carbocycles. The first-order valence-electron chi connectivity index (χ1n) is 10.1. The first-order chi connectivity index (χ1) is 15.0. The van der Waals surface area contributed by atoms with Gasteiger partial charge in [-0.05, 0) is 18.8 Å². The van der Waals surface area contributed by atoms with Crippen molar-refractivity contribution in [3.63, 3.8) is 0 Å². The number of hydrogen-bond acceptors (Lipinski definition) is 8. The van der Waals surface area contributed by atoms with E-state index in [1.165, 1.54) is 0 Å². The molecular weight excluding hydrogens is 442 g/mol. The third kappa shape index (κ3) is 10.6. The molecular formula is C18H35N7O6S. The summed E-state index contributed by atoms with van der Waals surface area (Å²) < 4.78 is 0. The number of guanidine groups is 1. The summed E-state index contributed by atoms with van der Waals surface area (Å²) in [5.74, 6) is -3.98.